The van der Waals surface area contributed by atoms with Gasteiger partial charge in [-0.05, 0) is 29.7 Å². The van der Waals surface area contributed by atoms with Crippen LogP contribution in [0.5, 0.6) is 0 Å². The maximum Gasteiger partial charge on any atom is 0.337 e. The first-order chi connectivity index (χ1) is 10.7. The lowest BCUT2D eigenvalue weighted by atomic mass is 10.1. The second kappa shape index (κ2) is 7.98. The molecule has 4 heteroatoms. The fraction of sp³-hybridized carbons (Fsp3) is 0.222. The number of carbonyl (C=O) groups excluding carboxylic acids is 2. The lowest BCUT2D eigenvalue weighted by Gasteiger charge is -2.06. The third kappa shape index (κ3) is 4.74. The lowest BCUT2D eigenvalue weighted by molar-refractivity contribution is -0.120. The molecule has 0 aliphatic heterocycles. The van der Waals surface area contributed by atoms with Crippen molar-refractivity contribution in [2.45, 2.75) is 12.8 Å². The van der Waals surface area contributed by atoms with Gasteiger partial charge in [-0.1, -0.05) is 42.5 Å². The molecule has 2 rings (SSSR count). The summed E-state index contributed by atoms with van der Waals surface area (Å²) in [5.41, 5.74) is 2.59. The van der Waals surface area contributed by atoms with E-state index in [1.807, 2.05) is 42.5 Å². The van der Waals surface area contributed by atoms with Gasteiger partial charge in [-0.15, -0.1) is 0 Å². The number of hydrogen-bond acceptors (Lipinski definition) is 3. The first-order valence-electron chi connectivity index (χ1n) is 7.17. The fourth-order valence-corrected chi connectivity index (χ4v) is 2.12. The zero-order chi connectivity index (χ0) is 15.8. The van der Waals surface area contributed by atoms with Crippen LogP contribution in [0.4, 0.5) is 0 Å². The molecule has 114 valence electrons. The van der Waals surface area contributed by atoms with Crippen LogP contribution in [0.1, 0.15) is 21.5 Å². The second-order valence-electron chi connectivity index (χ2n) is 4.95. The van der Waals surface area contributed by atoms with Crippen molar-refractivity contribution in [3.05, 3.63) is 71.3 Å². The molecule has 0 aliphatic carbocycles. The van der Waals surface area contributed by atoms with Crippen LogP contribution < -0.4 is 5.32 Å². The normalized spacial score (nSPS) is 10.0. The maximum atomic E-state index is 11.8. The van der Waals surface area contributed by atoms with Gasteiger partial charge in [0.15, 0.2) is 0 Å². The number of amides is 1. The summed E-state index contributed by atoms with van der Waals surface area (Å²) >= 11 is 0. The van der Waals surface area contributed by atoms with Crippen LogP contribution in [-0.2, 0) is 22.4 Å². The molecule has 0 heterocycles. The first-order valence-corrected chi connectivity index (χ1v) is 7.17. The third-order valence-electron chi connectivity index (χ3n) is 3.32. The van der Waals surface area contributed by atoms with Gasteiger partial charge in [0.1, 0.15) is 0 Å². The summed E-state index contributed by atoms with van der Waals surface area (Å²) < 4.78 is 4.65. The van der Waals surface area contributed by atoms with E-state index in [0.29, 0.717) is 18.5 Å². The van der Waals surface area contributed by atoms with Crippen molar-refractivity contribution in [3.8, 4) is 0 Å². The Hall–Kier alpha value is -2.62. The van der Waals surface area contributed by atoms with E-state index in [-0.39, 0.29) is 11.9 Å². The van der Waals surface area contributed by atoms with Crippen molar-refractivity contribution in [1.82, 2.24) is 5.32 Å². The van der Waals surface area contributed by atoms with Crippen molar-refractivity contribution < 1.29 is 14.3 Å². The molecule has 1 N–H and O–H groups in total. The number of methoxy groups -OCH3 is 1. The lowest BCUT2D eigenvalue weighted by Crippen LogP contribution is -2.27. The van der Waals surface area contributed by atoms with E-state index in [2.05, 4.69) is 10.1 Å². The predicted octanol–water partition coefficient (Wildman–Crippen LogP) is 2.37. The van der Waals surface area contributed by atoms with E-state index in [4.69, 9.17) is 0 Å². The minimum absolute atomic E-state index is 0.0115. The van der Waals surface area contributed by atoms with Gasteiger partial charge in [-0.25, -0.2) is 4.79 Å². The topological polar surface area (TPSA) is 55.4 Å². The standard InChI is InChI=1S/C18H19NO3/c1-22-18(21)16-9-7-14(8-10-16)11-12-19-17(20)13-15-5-3-2-4-6-15/h2-10H,11-13H2,1H3,(H,19,20). The summed E-state index contributed by atoms with van der Waals surface area (Å²) in [7, 11) is 1.36. The van der Waals surface area contributed by atoms with E-state index in [1.165, 1.54) is 7.11 Å². The zero-order valence-electron chi connectivity index (χ0n) is 12.5. The molecule has 0 saturated heterocycles. The van der Waals surface area contributed by atoms with Crippen molar-refractivity contribution in [3.63, 3.8) is 0 Å². The molecule has 2 aromatic carbocycles. The Morgan fingerprint density at radius 2 is 1.64 bits per heavy atom. The van der Waals surface area contributed by atoms with Crippen molar-refractivity contribution >= 4 is 11.9 Å². The van der Waals surface area contributed by atoms with E-state index in [9.17, 15) is 9.59 Å². The van der Waals surface area contributed by atoms with Gasteiger partial charge in [-0.3, -0.25) is 4.79 Å². The fourth-order valence-electron chi connectivity index (χ4n) is 2.12. The molecule has 0 unspecified atom stereocenters. The van der Waals surface area contributed by atoms with Crippen LogP contribution in [0, 0.1) is 0 Å². The Kier molecular flexibility index (Phi) is 5.72. The summed E-state index contributed by atoms with van der Waals surface area (Å²) in [4.78, 5) is 23.1. The highest BCUT2D eigenvalue weighted by Crippen LogP contribution is 2.06. The molecule has 0 radical (unpaired) electrons. The van der Waals surface area contributed by atoms with Crippen LogP contribution in [0.3, 0.4) is 0 Å². The number of carbonyl (C=O) groups is 2. The molecule has 0 saturated carbocycles. The van der Waals surface area contributed by atoms with Gasteiger partial charge in [0, 0.05) is 6.54 Å². The molecule has 0 aromatic heterocycles. The number of benzene rings is 2. The highest BCUT2D eigenvalue weighted by atomic mass is 16.5. The SMILES string of the molecule is COC(=O)c1ccc(CCNC(=O)Cc2ccccc2)cc1. The number of rotatable bonds is 6. The quantitative estimate of drug-likeness (QED) is 0.833. The molecular weight excluding hydrogens is 278 g/mol. The Morgan fingerprint density at radius 1 is 0.955 bits per heavy atom. The average Bonchev–Trinajstić information content (AvgIpc) is 2.55. The molecule has 1 amide bonds. The number of nitrogens with one attached hydrogen (secondary N) is 1. The summed E-state index contributed by atoms with van der Waals surface area (Å²) in [6.45, 7) is 0.573. The Morgan fingerprint density at radius 3 is 2.27 bits per heavy atom. The number of ether oxygens (including phenoxy) is 1. The Bertz CT molecular complexity index is 621. The van der Waals surface area contributed by atoms with Crippen LogP contribution in [0.25, 0.3) is 0 Å². The molecule has 0 spiro atoms. The highest BCUT2D eigenvalue weighted by Gasteiger charge is 2.05. The van der Waals surface area contributed by atoms with Gasteiger partial charge >= 0.3 is 5.97 Å². The van der Waals surface area contributed by atoms with Crippen LogP contribution in [-0.4, -0.2) is 25.5 Å². The zero-order valence-corrected chi connectivity index (χ0v) is 12.5. The molecule has 0 atom stereocenters. The number of esters is 1. The van der Waals surface area contributed by atoms with Crippen molar-refractivity contribution in [2.24, 2.45) is 0 Å². The second-order valence-corrected chi connectivity index (χ2v) is 4.95. The predicted molar refractivity (Wildman–Crippen MR) is 84.6 cm³/mol. The van der Waals surface area contributed by atoms with Gasteiger partial charge in [0.2, 0.25) is 5.91 Å². The Balaban J connectivity index is 1.76. The van der Waals surface area contributed by atoms with E-state index < -0.39 is 0 Å². The van der Waals surface area contributed by atoms with Crippen LogP contribution in [0.15, 0.2) is 54.6 Å². The third-order valence-corrected chi connectivity index (χ3v) is 3.32. The monoisotopic (exact) mass is 297 g/mol. The summed E-state index contributed by atoms with van der Waals surface area (Å²) in [5.74, 6) is -0.333. The summed E-state index contributed by atoms with van der Waals surface area (Å²) in [6, 6.07) is 16.8. The molecule has 4 nitrogen and oxygen atoms in total. The highest BCUT2D eigenvalue weighted by molar-refractivity contribution is 5.89. The first kappa shape index (κ1) is 15.8. The van der Waals surface area contributed by atoms with Gasteiger partial charge < -0.3 is 10.1 Å². The van der Waals surface area contributed by atoms with Gasteiger partial charge in [0.05, 0.1) is 19.1 Å². The molecule has 0 aliphatic rings. The van der Waals surface area contributed by atoms with E-state index in [0.717, 1.165) is 17.5 Å². The van der Waals surface area contributed by atoms with Crippen molar-refractivity contribution in [2.75, 3.05) is 13.7 Å². The average molecular weight is 297 g/mol. The smallest absolute Gasteiger partial charge is 0.337 e. The number of hydrogen-bond donors (Lipinski definition) is 1. The largest absolute Gasteiger partial charge is 0.465 e. The minimum Gasteiger partial charge on any atom is -0.465 e. The van der Waals surface area contributed by atoms with Gasteiger partial charge in [-0.2, -0.15) is 0 Å². The minimum atomic E-state index is -0.345. The summed E-state index contributed by atoms with van der Waals surface area (Å²) in [6.07, 6.45) is 1.12. The molecule has 0 bridgehead atoms. The van der Waals surface area contributed by atoms with E-state index in [1.54, 1.807) is 12.1 Å². The van der Waals surface area contributed by atoms with Gasteiger partial charge in [0.25, 0.3) is 0 Å². The van der Waals surface area contributed by atoms with E-state index >= 15 is 0 Å². The summed E-state index contributed by atoms with van der Waals surface area (Å²) in [5, 5.41) is 2.90. The molecule has 22 heavy (non-hydrogen) atoms. The maximum absolute atomic E-state index is 11.8. The van der Waals surface area contributed by atoms with Crippen LogP contribution in [0.2, 0.25) is 0 Å². The van der Waals surface area contributed by atoms with Crippen molar-refractivity contribution in [1.29, 1.82) is 0 Å². The molecule has 0 fully saturated rings. The molecule has 2 aromatic rings. The Labute approximate surface area is 130 Å². The van der Waals surface area contributed by atoms with Crippen LogP contribution >= 0.6 is 0 Å². The molecular formula is C18H19NO3.